The molecule has 1 unspecified atom stereocenters. The number of aliphatic hydroxyl groups is 1. The number of hydrogen-bond donors (Lipinski definition) is 1. The minimum atomic E-state index is -0.820. The van der Waals surface area contributed by atoms with Crippen LogP contribution in [0.5, 0.6) is 5.75 Å². The third kappa shape index (κ3) is 4.85. The quantitative estimate of drug-likeness (QED) is 0.290. The third-order valence-corrected chi connectivity index (χ3v) is 5.70. The van der Waals surface area contributed by atoms with Gasteiger partial charge >= 0.3 is 0 Å². The van der Waals surface area contributed by atoms with Crippen LogP contribution < -0.4 is 4.74 Å². The fourth-order valence-corrected chi connectivity index (χ4v) is 4.03. The van der Waals surface area contributed by atoms with Crippen molar-refractivity contribution in [3.05, 3.63) is 89.8 Å². The molecule has 1 atom stereocenters. The first-order valence-electron chi connectivity index (χ1n) is 11.2. The van der Waals surface area contributed by atoms with Gasteiger partial charge in [-0.2, -0.15) is 0 Å². The first-order valence-corrected chi connectivity index (χ1v) is 11.2. The first-order chi connectivity index (χ1) is 16.5. The van der Waals surface area contributed by atoms with Gasteiger partial charge < -0.3 is 19.3 Å². The summed E-state index contributed by atoms with van der Waals surface area (Å²) in [6, 6.07) is 11.5. The van der Waals surface area contributed by atoms with E-state index in [0.29, 0.717) is 36.4 Å². The van der Waals surface area contributed by atoms with Gasteiger partial charge in [-0.1, -0.05) is 19.1 Å². The Morgan fingerprint density at radius 1 is 1.09 bits per heavy atom. The Hall–Kier alpha value is -3.94. The molecule has 4 rings (SSSR count). The Balaban J connectivity index is 1.67. The van der Waals surface area contributed by atoms with Gasteiger partial charge in [0.2, 0.25) is 0 Å². The van der Waals surface area contributed by atoms with E-state index in [9.17, 15) is 19.1 Å². The van der Waals surface area contributed by atoms with Crippen molar-refractivity contribution in [2.75, 3.05) is 13.2 Å². The summed E-state index contributed by atoms with van der Waals surface area (Å²) >= 11 is 0. The number of ether oxygens (including phenoxy) is 1. The summed E-state index contributed by atoms with van der Waals surface area (Å²) in [6.07, 6.45) is 6.61. The maximum atomic E-state index is 13.6. The number of aliphatic hydroxyl groups excluding tert-OH is 1. The molecule has 0 spiro atoms. The van der Waals surface area contributed by atoms with Gasteiger partial charge in [-0.15, -0.1) is 0 Å². The van der Waals surface area contributed by atoms with Crippen LogP contribution in [0.3, 0.4) is 0 Å². The van der Waals surface area contributed by atoms with Gasteiger partial charge in [-0.25, -0.2) is 9.37 Å². The summed E-state index contributed by atoms with van der Waals surface area (Å²) < 4.78 is 21.1. The lowest BCUT2D eigenvalue weighted by atomic mass is 9.95. The van der Waals surface area contributed by atoms with Gasteiger partial charge in [0, 0.05) is 31.0 Å². The van der Waals surface area contributed by atoms with Crippen LogP contribution in [0.25, 0.3) is 5.76 Å². The zero-order valence-electron chi connectivity index (χ0n) is 18.9. The van der Waals surface area contributed by atoms with E-state index in [1.54, 1.807) is 36.8 Å². The molecule has 0 saturated carbocycles. The number of rotatable bonds is 9. The Bertz CT molecular complexity index is 1170. The summed E-state index contributed by atoms with van der Waals surface area (Å²) in [7, 11) is 0. The van der Waals surface area contributed by atoms with Crippen molar-refractivity contribution in [2.45, 2.75) is 32.4 Å². The van der Waals surface area contributed by atoms with E-state index >= 15 is 0 Å². The van der Waals surface area contributed by atoms with E-state index in [0.717, 1.165) is 6.42 Å². The monoisotopic (exact) mass is 463 g/mol. The molecule has 0 aliphatic carbocycles. The first kappa shape index (κ1) is 23.2. The van der Waals surface area contributed by atoms with E-state index in [1.807, 2.05) is 17.7 Å². The van der Waals surface area contributed by atoms with E-state index in [-0.39, 0.29) is 17.9 Å². The number of benzene rings is 2. The highest BCUT2D eigenvalue weighted by Crippen LogP contribution is 2.39. The highest BCUT2D eigenvalue weighted by molar-refractivity contribution is 6.46. The number of aromatic nitrogens is 2. The van der Waals surface area contributed by atoms with Crippen LogP contribution in [0.2, 0.25) is 0 Å². The Morgan fingerprint density at radius 2 is 1.82 bits per heavy atom. The molecule has 3 aromatic rings. The van der Waals surface area contributed by atoms with E-state index < -0.39 is 23.5 Å². The zero-order chi connectivity index (χ0) is 24.1. The lowest BCUT2D eigenvalue weighted by Gasteiger charge is -2.25. The van der Waals surface area contributed by atoms with Gasteiger partial charge in [0.25, 0.3) is 11.7 Å². The standard InChI is InChI=1S/C26H26FN3O4/c1-2-16-34-21-10-6-19(7-11-21)24(31)22-23(18-4-8-20(27)9-5-18)30(26(33)25(22)32)14-3-13-29-15-12-28-17-29/h4-12,15,17,23,31H,2-3,13-14,16H2,1H3/b24-22-. The second kappa shape index (κ2) is 10.3. The number of nitrogens with zero attached hydrogens (tertiary/aromatic N) is 3. The lowest BCUT2D eigenvalue weighted by molar-refractivity contribution is -0.139. The molecule has 2 aromatic carbocycles. The topological polar surface area (TPSA) is 84.7 Å². The minimum Gasteiger partial charge on any atom is -0.507 e. The number of imidazole rings is 1. The number of likely N-dealkylation sites (tertiary alicyclic amines) is 1. The molecule has 1 aromatic heterocycles. The number of carbonyl (C=O) groups excluding carboxylic acids is 2. The predicted octanol–water partition coefficient (Wildman–Crippen LogP) is 4.32. The maximum Gasteiger partial charge on any atom is 0.295 e. The van der Waals surface area contributed by atoms with Crippen molar-refractivity contribution in [1.29, 1.82) is 0 Å². The zero-order valence-corrected chi connectivity index (χ0v) is 18.9. The number of aryl methyl sites for hydroxylation is 1. The highest BCUT2D eigenvalue weighted by Gasteiger charge is 2.45. The van der Waals surface area contributed by atoms with Crippen LogP contribution in [0.4, 0.5) is 4.39 Å². The number of halogens is 1. The Morgan fingerprint density at radius 3 is 2.47 bits per heavy atom. The third-order valence-electron chi connectivity index (χ3n) is 5.70. The molecular formula is C26H26FN3O4. The summed E-state index contributed by atoms with van der Waals surface area (Å²) in [5.41, 5.74) is 0.932. The fourth-order valence-electron chi connectivity index (χ4n) is 4.03. The van der Waals surface area contributed by atoms with Crippen molar-refractivity contribution < 1.29 is 23.8 Å². The Labute approximate surface area is 197 Å². The SMILES string of the molecule is CCCOc1ccc(/C(O)=C2/C(=O)C(=O)N(CCCn3ccnc3)C2c2ccc(F)cc2)cc1. The van der Waals surface area contributed by atoms with Gasteiger partial charge in [0.1, 0.15) is 17.3 Å². The van der Waals surface area contributed by atoms with Gasteiger partial charge in [-0.3, -0.25) is 9.59 Å². The van der Waals surface area contributed by atoms with E-state index in [2.05, 4.69) is 4.98 Å². The molecule has 7 nitrogen and oxygen atoms in total. The molecular weight excluding hydrogens is 437 g/mol. The smallest absolute Gasteiger partial charge is 0.295 e. The number of carbonyl (C=O) groups is 2. The van der Waals surface area contributed by atoms with E-state index in [4.69, 9.17) is 4.74 Å². The fraction of sp³-hybridized carbons (Fsp3) is 0.269. The highest BCUT2D eigenvalue weighted by atomic mass is 19.1. The second-order valence-electron chi connectivity index (χ2n) is 8.07. The molecule has 8 heteroatoms. The molecule has 1 saturated heterocycles. The van der Waals surface area contributed by atoms with Gasteiger partial charge in [-0.05, 0) is 54.8 Å². The van der Waals surface area contributed by atoms with E-state index in [1.165, 1.54) is 29.2 Å². The van der Waals surface area contributed by atoms with Crippen LogP contribution in [-0.4, -0.2) is 44.4 Å². The molecule has 34 heavy (non-hydrogen) atoms. The van der Waals surface area contributed by atoms with Gasteiger partial charge in [0.15, 0.2) is 0 Å². The normalized spacial score (nSPS) is 17.4. The van der Waals surface area contributed by atoms with Crippen molar-refractivity contribution in [3.8, 4) is 5.75 Å². The van der Waals surface area contributed by atoms with Crippen molar-refractivity contribution in [3.63, 3.8) is 0 Å². The predicted molar refractivity (Wildman–Crippen MR) is 124 cm³/mol. The lowest BCUT2D eigenvalue weighted by Crippen LogP contribution is -2.31. The largest absolute Gasteiger partial charge is 0.507 e. The second-order valence-corrected chi connectivity index (χ2v) is 8.07. The summed E-state index contributed by atoms with van der Waals surface area (Å²) in [5.74, 6) is -1.51. The molecule has 0 radical (unpaired) electrons. The van der Waals surface area contributed by atoms with Crippen LogP contribution in [-0.2, 0) is 16.1 Å². The number of Topliss-reactive ketones (excluding diaryl/α,β-unsaturated/α-hetero) is 1. The summed E-state index contributed by atoms with van der Waals surface area (Å²) in [5, 5.41) is 11.1. The molecule has 0 bridgehead atoms. The molecule has 176 valence electrons. The van der Waals surface area contributed by atoms with Crippen molar-refractivity contribution >= 4 is 17.4 Å². The molecule has 1 aliphatic rings. The Kier molecular flexibility index (Phi) is 7.06. The molecule has 1 N–H and O–H groups in total. The van der Waals surface area contributed by atoms with Crippen LogP contribution in [0.1, 0.15) is 36.9 Å². The van der Waals surface area contributed by atoms with Gasteiger partial charge in [0.05, 0.1) is 24.5 Å². The number of hydrogen-bond acceptors (Lipinski definition) is 5. The number of ketones is 1. The van der Waals surface area contributed by atoms with Crippen LogP contribution >= 0.6 is 0 Å². The minimum absolute atomic E-state index is 0.0125. The summed E-state index contributed by atoms with van der Waals surface area (Å²) in [6.45, 7) is 3.47. The van der Waals surface area contributed by atoms with Crippen LogP contribution in [0.15, 0.2) is 72.8 Å². The molecule has 1 amide bonds. The number of amides is 1. The van der Waals surface area contributed by atoms with Crippen LogP contribution in [0, 0.1) is 5.82 Å². The maximum absolute atomic E-state index is 13.6. The molecule has 1 aliphatic heterocycles. The van der Waals surface area contributed by atoms with Crippen molar-refractivity contribution in [2.24, 2.45) is 0 Å². The van der Waals surface area contributed by atoms with Crippen molar-refractivity contribution in [1.82, 2.24) is 14.5 Å². The summed E-state index contributed by atoms with van der Waals surface area (Å²) in [4.78, 5) is 31.5. The average molecular weight is 464 g/mol. The average Bonchev–Trinajstić information content (AvgIpc) is 3.45. The molecule has 2 heterocycles. The molecule has 1 fully saturated rings.